The summed E-state index contributed by atoms with van der Waals surface area (Å²) in [7, 11) is 0. The van der Waals surface area contributed by atoms with Crippen molar-refractivity contribution < 1.29 is 14.3 Å². The van der Waals surface area contributed by atoms with Gasteiger partial charge in [0.2, 0.25) is 5.95 Å². The Morgan fingerprint density at radius 3 is 2.35 bits per heavy atom. The van der Waals surface area contributed by atoms with Gasteiger partial charge < -0.3 is 5.11 Å². The number of carbonyl (C=O) groups excluding carboxylic acids is 1. The maximum Gasteiger partial charge on any atom is 0.220 e. The third-order valence-electron chi connectivity index (χ3n) is 4.28. The van der Waals surface area contributed by atoms with E-state index in [1.54, 1.807) is 36.4 Å². The number of aromatic nitrogens is 1. The molecule has 0 aliphatic carbocycles. The van der Waals surface area contributed by atoms with Crippen LogP contribution >= 0.6 is 0 Å². The van der Waals surface area contributed by atoms with Crippen LogP contribution in [0.5, 0.6) is 5.75 Å². The van der Waals surface area contributed by atoms with Crippen molar-refractivity contribution in [1.29, 1.82) is 0 Å². The fraction of sp³-hybridized carbons (Fsp3) is 0.182. The van der Waals surface area contributed by atoms with Crippen LogP contribution in [0.25, 0.3) is 11.1 Å². The number of ketones is 1. The Morgan fingerprint density at radius 1 is 0.962 bits per heavy atom. The van der Waals surface area contributed by atoms with Crippen LogP contribution in [0.1, 0.15) is 24.0 Å². The Bertz CT molecular complexity index is 873. The quantitative estimate of drug-likeness (QED) is 0.628. The van der Waals surface area contributed by atoms with E-state index in [9.17, 15) is 14.3 Å². The Hall–Kier alpha value is -3.01. The first-order chi connectivity index (χ1) is 12.6. The number of phenols is 1. The smallest absolute Gasteiger partial charge is 0.220 e. The summed E-state index contributed by atoms with van der Waals surface area (Å²) in [4.78, 5) is 15.7. The fourth-order valence-electron chi connectivity index (χ4n) is 2.87. The highest BCUT2D eigenvalue weighted by Gasteiger charge is 2.07. The van der Waals surface area contributed by atoms with Gasteiger partial charge in [0.25, 0.3) is 0 Å². The fourth-order valence-corrected chi connectivity index (χ4v) is 2.87. The van der Waals surface area contributed by atoms with Gasteiger partial charge in [-0.3, -0.25) is 4.79 Å². The van der Waals surface area contributed by atoms with Crippen molar-refractivity contribution in [3.8, 4) is 16.9 Å². The number of aromatic hydroxyl groups is 1. The second-order valence-corrected chi connectivity index (χ2v) is 6.27. The minimum Gasteiger partial charge on any atom is -0.508 e. The number of hydrogen-bond donors (Lipinski definition) is 1. The third kappa shape index (κ3) is 4.76. The zero-order chi connectivity index (χ0) is 18.4. The molecule has 3 nitrogen and oxygen atoms in total. The molecule has 2 aromatic carbocycles. The van der Waals surface area contributed by atoms with Gasteiger partial charge >= 0.3 is 0 Å². The average Bonchev–Trinajstić information content (AvgIpc) is 2.65. The summed E-state index contributed by atoms with van der Waals surface area (Å²) in [5.41, 5.74) is 3.32. The molecule has 0 saturated carbocycles. The monoisotopic (exact) mass is 349 g/mol. The molecule has 26 heavy (non-hydrogen) atoms. The van der Waals surface area contributed by atoms with Crippen LogP contribution in [-0.4, -0.2) is 15.9 Å². The van der Waals surface area contributed by atoms with Crippen LogP contribution in [0.15, 0.2) is 66.9 Å². The molecule has 3 aromatic rings. The zero-order valence-corrected chi connectivity index (χ0v) is 14.4. The molecule has 0 radical (unpaired) electrons. The molecule has 0 saturated heterocycles. The van der Waals surface area contributed by atoms with Gasteiger partial charge in [-0.1, -0.05) is 36.4 Å². The maximum atomic E-state index is 13.7. The number of rotatable bonds is 7. The summed E-state index contributed by atoms with van der Waals surface area (Å²) in [6.45, 7) is 0. The summed E-state index contributed by atoms with van der Waals surface area (Å²) >= 11 is 0. The summed E-state index contributed by atoms with van der Waals surface area (Å²) in [5, 5.41) is 9.26. The first-order valence-corrected chi connectivity index (χ1v) is 8.61. The van der Waals surface area contributed by atoms with Crippen LogP contribution in [0.2, 0.25) is 0 Å². The Morgan fingerprint density at radius 2 is 1.65 bits per heavy atom. The number of Topliss-reactive ketones (excluding diaryl/α,β-unsaturated/α-hetero) is 1. The van der Waals surface area contributed by atoms with E-state index in [0.717, 1.165) is 29.5 Å². The molecule has 0 fully saturated rings. The van der Waals surface area contributed by atoms with E-state index in [0.29, 0.717) is 18.4 Å². The number of nitrogens with zero attached hydrogens (tertiary/aromatic N) is 1. The molecular formula is C22H20FNO2. The summed E-state index contributed by atoms with van der Waals surface area (Å²) in [6, 6.07) is 17.8. The van der Waals surface area contributed by atoms with Crippen molar-refractivity contribution in [3.63, 3.8) is 0 Å². The normalized spacial score (nSPS) is 10.7. The molecule has 0 atom stereocenters. The predicted molar refractivity (Wildman–Crippen MR) is 99.4 cm³/mol. The minimum atomic E-state index is -0.472. The zero-order valence-electron chi connectivity index (χ0n) is 14.4. The Labute approximate surface area is 152 Å². The van der Waals surface area contributed by atoms with Gasteiger partial charge in [-0.25, -0.2) is 4.98 Å². The number of pyridine rings is 1. The highest BCUT2D eigenvalue weighted by molar-refractivity contribution is 5.80. The largest absolute Gasteiger partial charge is 0.508 e. The number of aryl methyl sites for hydroxylation is 1. The SMILES string of the molecule is O=C(CCCc1ccc(-c2cccnc2F)cc1)Cc1ccc(O)cc1. The molecule has 3 rings (SSSR count). The van der Waals surface area contributed by atoms with Crippen LogP contribution < -0.4 is 0 Å². The van der Waals surface area contributed by atoms with Gasteiger partial charge in [0.1, 0.15) is 11.5 Å². The number of benzene rings is 2. The van der Waals surface area contributed by atoms with Crippen molar-refractivity contribution in [2.24, 2.45) is 0 Å². The highest BCUT2D eigenvalue weighted by Crippen LogP contribution is 2.22. The molecule has 0 unspecified atom stereocenters. The predicted octanol–water partition coefficient (Wildman–Crippen LogP) is 4.73. The average molecular weight is 349 g/mol. The molecule has 0 aliphatic rings. The topological polar surface area (TPSA) is 50.2 Å². The van der Waals surface area contributed by atoms with Crippen molar-refractivity contribution in [1.82, 2.24) is 4.98 Å². The number of hydrogen-bond acceptors (Lipinski definition) is 3. The summed E-state index contributed by atoms with van der Waals surface area (Å²) < 4.78 is 13.7. The molecule has 4 heteroatoms. The van der Waals surface area contributed by atoms with E-state index in [2.05, 4.69) is 4.98 Å². The van der Waals surface area contributed by atoms with Crippen molar-refractivity contribution in [2.45, 2.75) is 25.7 Å². The lowest BCUT2D eigenvalue weighted by atomic mass is 10.0. The number of phenolic OH excluding ortho intramolecular Hbond substituents is 1. The second kappa shape index (κ2) is 8.39. The van der Waals surface area contributed by atoms with Crippen LogP contribution in [0.4, 0.5) is 4.39 Å². The second-order valence-electron chi connectivity index (χ2n) is 6.27. The summed E-state index contributed by atoms with van der Waals surface area (Å²) in [6.07, 6.45) is 3.91. The molecule has 0 spiro atoms. The molecule has 0 amide bonds. The first-order valence-electron chi connectivity index (χ1n) is 8.61. The van der Waals surface area contributed by atoms with Gasteiger partial charge in [0, 0.05) is 24.6 Å². The van der Waals surface area contributed by atoms with E-state index in [4.69, 9.17) is 0 Å². The van der Waals surface area contributed by atoms with Crippen molar-refractivity contribution in [2.75, 3.05) is 0 Å². The summed E-state index contributed by atoms with van der Waals surface area (Å²) in [5.74, 6) is -0.0828. The van der Waals surface area contributed by atoms with Gasteiger partial charge in [-0.2, -0.15) is 4.39 Å². The van der Waals surface area contributed by atoms with E-state index in [-0.39, 0.29) is 11.5 Å². The van der Waals surface area contributed by atoms with E-state index in [1.165, 1.54) is 6.20 Å². The third-order valence-corrected chi connectivity index (χ3v) is 4.28. The van der Waals surface area contributed by atoms with E-state index in [1.807, 2.05) is 24.3 Å². The Balaban J connectivity index is 1.50. The number of carbonyl (C=O) groups is 1. The molecule has 132 valence electrons. The molecule has 0 bridgehead atoms. The van der Waals surface area contributed by atoms with Crippen LogP contribution in [-0.2, 0) is 17.6 Å². The molecule has 1 heterocycles. The minimum absolute atomic E-state index is 0.185. The van der Waals surface area contributed by atoms with Gasteiger partial charge in [0.05, 0.1) is 0 Å². The lowest BCUT2D eigenvalue weighted by Gasteiger charge is -2.05. The number of halogens is 1. The van der Waals surface area contributed by atoms with E-state index >= 15 is 0 Å². The molecule has 1 N–H and O–H groups in total. The van der Waals surface area contributed by atoms with Crippen molar-refractivity contribution in [3.05, 3.63) is 83.9 Å². The standard InChI is InChI=1S/C22H20FNO2/c23-22-21(5-2-14-24-22)18-10-6-16(7-11-18)3-1-4-20(26)15-17-8-12-19(25)13-9-17/h2,5-14,25H,1,3-4,15H2. The Kier molecular flexibility index (Phi) is 5.74. The van der Waals surface area contributed by atoms with Crippen LogP contribution in [0, 0.1) is 5.95 Å². The molecule has 0 aliphatic heterocycles. The lowest BCUT2D eigenvalue weighted by molar-refractivity contribution is -0.118. The van der Waals surface area contributed by atoms with Gasteiger partial charge in [-0.15, -0.1) is 0 Å². The van der Waals surface area contributed by atoms with E-state index < -0.39 is 5.95 Å². The van der Waals surface area contributed by atoms with Crippen LogP contribution in [0.3, 0.4) is 0 Å². The molecule has 1 aromatic heterocycles. The first kappa shape index (κ1) is 17.8. The van der Waals surface area contributed by atoms with Crippen molar-refractivity contribution >= 4 is 5.78 Å². The highest BCUT2D eigenvalue weighted by atomic mass is 19.1. The van der Waals surface area contributed by atoms with Gasteiger partial charge in [0.15, 0.2) is 0 Å². The maximum absolute atomic E-state index is 13.7. The van der Waals surface area contributed by atoms with Gasteiger partial charge in [-0.05, 0) is 53.8 Å². The molecular weight excluding hydrogens is 329 g/mol. The lowest BCUT2D eigenvalue weighted by Crippen LogP contribution is -2.03.